The van der Waals surface area contributed by atoms with Crippen LogP contribution in [0.1, 0.15) is 16.7 Å². The van der Waals surface area contributed by atoms with Crippen LogP contribution < -0.4 is 11.1 Å². The molecule has 0 radical (unpaired) electrons. The molecule has 1 amide bonds. The highest BCUT2D eigenvalue weighted by molar-refractivity contribution is 5.92. The molecule has 0 saturated carbocycles. The van der Waals surface area contributed by atoms with Crippen molar-refractivity contribution in [3.63, 3.8) is 0 Å². The highest BCUT2D eigenvalue weighted by Gasteiger charge is 2.05. The van der Waals surface area contributed by atoms with E-state index in [1.54, 1.807) is 12.4 Å². The highest BCUT2D eigenvalue weighted by atomic mass is 16.1. The van der Waals surface area contributed by atoms with Gasteiger partial charge in [0.25, 0.3) is 0 Å². The normalized spacial score (nSPS) is 9.62. The Morgan fingerprint density at radius 3 is 2.95 bits per heavy atom. The van der Waals surface area contributed by atoms with Crippen molar-refractivity contribution < 1.29 is 4.79 Å². The Labute approximate surface area is 124 Å². The van der Waals surface area contributed by atoms with E-state index < -0.39 is 0 Å². The lowest BCUT2D eigenvalue weighted by Gasteiger charge is -2.07. The number of carbonyl (C=O) groups is 1. The maximum absolute atomic E-state index is 12.0. The fraction of sp³-hybridized carbons (Fsp3) is 0.176. The number of anilines is 1. The number of nitrogens with two attached hydrogens (primary N) is 1. The molecule has 106 valence electrons. The van der Waals surface area contributed by atoms with Crippen molar-refractivity contribution in [1.82, 2.24) is 4.98 Å². The molecule has 2 rings (SSSR count). The number of amides is 1. The summed E-state index contributed by atoms with van der Waals surface area (Å²) in [6.45, 7) is 2.28. The zero-order valence-corrected chi connectivity index (χ0v) is 11.9. The second-order valence-corrected chi connectivity index (χ2v) is 4.68. The predicted molar refractivity (Wildman–Crippen MR) is 83.7 cm³/mol. The van der Waals surface area contributed by atoms with Gasteiger partial charge in [0.15, 0.2) is 0 Å². The van der Waals surface area contributed by atoms with Crippen LogP contribution in [0, 0.1) is 18.8 Å². The number of nitrogens with zero attached hydrogens (tertiary/aromatic N) is 1. The summed E-state index contributed by atoms with van der Waals surface area (Å²) in [4.78, 5) is 16.0. The van der Waals surface area contributed by atoms with E-state index in [1.807, 2.05) is 37.3 Å². The molecule has 4 nitrogen and oxygen atoms in total. The number of aryl methyl sites for hydroxylation is 1. The van der Waals surface area contributed by atoms with Gasteiger partial charge in [0.2, 0.25) is 5.91 Å². The minimum absolute atomic E-state index is 0.0775. The van der Waals surface area contributed by atoms with E-state index in [4.69, 9.17) is 5.73 Å². The molecule has 4 heteroatoms. The molecule has 0 fully saturated rings. The quantitative estimate of drug-likeness (QED) is 0.843. The van der Waals surface area contributed by atoms with Crippen LogP contribution in [0.15, 0.2) is 42.7 Å². The van der Waals surface area contributed by atoms with Crippen LogP contribution in [0.5, 0.6) is 0 Å². The summed E-state index contributed by atoms with van der Waals surface area (Å²) in [5, 5.41) is 2.88. The lowest BCUT2D eigenvalue weighted by Crippen LogP contribution is -2.14. The Morgan fingerprint density at radius 1 is 1.38 bits per heavy atom. The minimum atomic E-state index is -0.0775. The number of hydrogen-bond donors (Lipinski definition) is 2. The lowest BCUT2D eigenvalue weighted by molar-refractivity contribution is -0.115. The number of hydrogen-bond acceptors (Lipinski definition) is 3. The largest absolute Gasteiger partial charge is 0.326 e. The zero-order valence-electron chi connectivity index (χ0n) is 11.9. The first-order valence-corrected chi connectivity index (χ1v) is 6.67. The molecule has 0 saturated heterocycles. The number of pyridine rings is 1. The molecule has 0 unspecified atom stereocenters. The van der Waals surface area contributed by atoms with Crippen LogP contribution in [0.2, 0.25) is 0 Å². The van der Waals surface area contributed by atoms with Gasteiger partial charge in [0, 0.05) is 23.6 Å². The molecule has 2 aromatic rings. The van der Waals surface area contributed by atoms with Gasteiger partial charge >= 0.3 is 0 Å². The van der Waals surface area contributed by atoms with Gasteiger partial charge in [-0.25, -0.2) is 0 Å². The van der Waals surface area contributed by atoms with E-state index in [0.717, 1.165) is 22.4 Å². The maximum Gasteiger partial charge on any atom is 0.228 e. The SMILES string of the molecule is Cc1cc(C#CCN)cc(NC(=O)Cc2cccnc2)c1. The number of aromatic nitrogens is 1. The van der Waals surface area contributed by atoms with E-state index in [0.29, 0.717) is 13.0 Å². The van der Waals surface area contributed by atoms with Crippen LogP contribution in [0.3, 0.4) is 0 Å². The molecule has 1 heterocycles. The average molecular weight is 279 g/mol. The molecule has 1 aromatic carbocycles. The number of rotatable bonds is 3. The van der Waals surface area contributed by atoms with E-state index in [2.05, 4.69) is 22.1 Å². The maximum atomic E-state index is 12.0. The Balaban J connectivity index is 2.08. The summed E-state index contributed by atoms with van der Waals surface area (Å²) in [6.07, 6.45) is 3.67. The standard InChI is InChI=1S/C17H17N3O/c1-13-8-14(4-2-6-18)10-16(9-13)20-17(21)11-15-5-3-7-19-12-15/h3,5,7-10,12H,6,11,18H2,1H3,(H,20,21). The minimum Gasteiger partial charge on any atom is -0.326 e. The lowest BCUT2D eigenvalue weighted by atomic mass is 10.1. The topological polar surface area (TPSA) is 68.0 Å². The van der Waals surface area contributed by atoms with Gasteiger partial charge in [-0.2, -0.15) is 0 Å². The molecule has 0 atom stereocenters. The van der Waals surface area contributed by atoms with Gasteiger partial charge < -0.3 is 11.1 Å². The van der Waals surface area contributed by atoms with Crippen molar-refractivity contribution in [2.24, 2.45) is 5.73 Å². The molecule has 3 N–H and O–H groups in total. The van der Waals surface area contributed by atoms with Crippen LogP contribution in [0.25, 0.3) is 0 Å². The summed E-state index contributed by atoms with van der Waals surface area (Å²) < 4.78 is 0. The summed E-state index contributed by atoms with van der Waals surface area (Å²) >= 11 is 0. The second-order valence-electron chi connectivity index (χ2n) is 4.68. The van der Waals surface area contributed by atoms with Crippen LogP contribution in [-0.4, -0.2) is 17.4 Å². The van der Waals surface area contributed by atoms with Crippen LogP contribution in [0.4, 0.5) is 5.69 Å². The summed E-state index contributed by atoms with van der Waals surface area (Å²) in [5.41, 5.74) is 8.87. The highest BCUT2D eigenvalue weighted by Crippen LogP contribution is 2.14. The van der Waals surface area contributed by atoms with Crippen LogP contribution in [-0.2, 0) is 11.2 Å². The van der Waals surface area contributed by atoms with Crippen molar-refractivity contribution >= 4 is 11.6 Å². The average Bonchev–Trinajstić information content (AvgIpc) is 2.45. The van der Waals surface area contributed by atoms with Gasteiger partial charge in [0.1, 0.15) is 0 Å². The van der Waals surface area contributed by atoms with Gasteiger partial charge in [-0.1, -0.05) is 17.9 Å². The molecule has 0 aliphatic carbocycles. The third-order valence-corrected chi connectivity index (χ3v) is 2.78. The molecular formula is C17H17N3O. The van der Waals surface area contributed by atoms with Crippen molar-refractivity contribution in [3.05, 3.63) is 59.4 Å². The number of nitrogens with one attached hydrogen (secondary N) is 1. The molecule has 21 heavy (non-hydrogen) atoms. The van der Waals surface area contributed by atoms with Crippen molar-refractivity contribution in [1.29, 1.82) is 0 Å². The number of carbonyl (C=O) groups excluding carboxylic acids is 1. The van der Waals surface area contributed by atoms with Crippen molar-refractivity contribution in [3.8, 4) is 11.8 Å². The third-order valence-electron chi connectivity index (χ3n) is 2.78. The van der Waals surface area contributed by atoms with E-state index in [9.17, 15) is 4.79 Å². The van der Waals surface area contributed by atoms with E-state index >= 15 is 0 Å². The smallest absolute Gasteiger partial charge is 0.228 e. The number of benzene rings is 1. The fourth-order valence-electron chi connectivity index (χ4n) is 1.97. The third kappa shape index (κ3) is 4.75. The first kappa shape index (κ1) is 14.8. The predicted octanol–water partition coefficient (Wildman–Crippen LogP) is 1.88. The Kier molecular flexibility index (Phi) is 5.08. The molecular weight excluding hydrogens is 262 g/mol. The first-order chi connectivity index (χ1) is 10.2. The molecule has 0 spiro atoms. The Hall–Kier alpha value is -2.64. The van der Waals surface area contributed by atoms with E-state index in [-0.39, 0.29) is 5.91 Å². The Bertz CT molecular complexity index is 684. The van der Waals surface area contributed by atoms with E-state index in [1.165, 1.54) is 0 Å². The fourth-order valence-corrected chi connectivity index (χ4v) is 1.97. The molecule has 0 aliphatic heterocycles. The first-order valence-electron chi connectivity index (χ1n) is 6.67. The van der Waals surface area contributed by atoms with Crippen molar-refractivity contribution in [2.45, 2.75) is 13.3 Å². The monoisotopic (exact) mass is 279 g/mol. The second kappa shape index (κ2) is 7.22. The molecule has 0 bridgehead atoms. The van der Waals surface area contributed by atoms with Gasteiger partial charge in [0.05, 0.1) is 13.0 Å². The Morgan fingerprint density at radius 2 is 2.24 bits per heavy atom. The summed E-state index contributed by atoms with van der Waals surface area (Å²) in [5.74, 6) is 5.70. The van der Waals surface area contributed by atoms with Crippen LogP contribution >= 0.6 is 0 Å². The van der Waals surface area contributed by atoms with Gasteiger partial charge in [-0.3, -0.25) is 9.78 Å². The summed E-state index contributed by atoms with van der Waals surface area (Å²) in [7, 11) is 0. The van der Waals surface area contributed by atoms with Gasteiger partial charge in [-0.15, -0.1) is 0 Å². The van der Waals surface area contributed by atoms with Crippen molar-refractivity contribution in [2.75, 3.05) is 11.9 Å². The summed E-state index contributed by atoms with van der Waals surface area (Å²) in [6, 6.07) is 9.40. The molecule has 0 aliphatic rings. The zero-order chi connectivity index (χ0) is 15.1. The van der Waals surface area contributed by atoms with Gasteiger partial charge in [-0.05, 0) is 42.3 Å². The molecule has 1 aromatic heterocycles.